The second kappa shape index (κ2) is 6.11. The molecule has 8 heteroatoms. The Morgan fingerprint density at radius 1 is 1.00 bits per heavy atom. The largest absolute Gasteiger partial charge is 0.454 e. The van der Waals surface area contributed by atoms with Gasteiger partial charge in [0.15, 0.2) is 11.5 Å². The summed E-state index contributed by atoms with van der Waals surface area (Å²) >= 11 is 0. The predicted molar refractivity (Wildman–Crippen MR) is 91.2 cm³/mol. The molecule has 2 aliphatic heterocycles. The maximum absolute atomic E-state index is 14.1. The predicted octanol–water partition coefficient (Wildman–Crippen LogP) is 2.96. The van der Waals surface area contributed by atoms with Crippen molar-refractivity contribution in [1.82, 2.24) is 0 Å². The number of hydrogen-bond acceptors (Lipinski definition) is 5. The topological polar surface area (TPSA) is 67.9 Å². The first-order valence-electron chi connectivity index (χ1n) is 8.00. The average molecular weight is 364 g/mol. The molecule has 2 aliphatic rings. The molecule has 0 amide bonds. The summed E-state index contributed by atoms with van der Waals surface area (Å²) in [6, 6.07) is 8.77. The summed E-state index contributed by atoms with van der Waals surface area (Å²) in [4.78, 5) is 2.10. The Morgan fingerprint density at radius 3 is 2.56 bits per heavy atom. The van der Waals surface area contributed by atoms with Crippen molar-refractivity contribution in [3.05, 3.63) is 42.2 Å². The smallest absolute Gasteiger partial charge is 0.262 e. The molecule has 0 bridgehead atoms. The fourth-order valence-corrected chi connectivity index (χ4v) is 4.08. The zero-order chi connectivity index (χ0) is 17.4. The van der Waals surface area contributed by atoms with E-state index in [1.54, 1.807) is 6.07 Å². The Kier molecular flexibility index (Phi) is 3.91. The number of benzene rings is 2. The minimum absolute atomic E-state index is 0.0114. The normalized spacial score (nSPS) is 16.3. The highest BCUT2D eigenvalue weighted by Gasteiger charge is 2.22. The maximum atomic E-state index is 14.1. The molecule has 1 saturated heterocycles. The molecule has 2 aromatic rings. The van der Waals surface area contributed by atoms with Crippen LogP contribution in [0.15, 0.2) is 41.3 Å². The zero-order valence-electron chi connectivity index (χ0n) is 13.4. The van der Waals surface area contributed by atoms with Crippen LogP contribution in [0.4, 0.5) is 15.8 Å². The van der Waals surface area contributed by atoms with Crippen LogP contribution in [0.25, 0.3) is 0 Å². The molecular formula is C17H17FN2O4S. The molecule has 0 atom stereocenters. The molecule has 4 rings (SSSR count). The average Bonchev–Trinajstić information content (AvgIpc) is 3.27. The van der Waals surface area contributed by atoms with Crippen molar-refractivity contribution in [2.75, 3.05) is 29.5 Å². The lowest BCUT2D eigenvalue weighted by atomic mass is 10.2. The SMILES string of the molecule is O=S(=O)(Nc1cc(N2CCCC2)ccc1F)c1ccc2c(c1)OCO2. The van der Waals surface area contributed by atoms with E-state index in [0.717, 1.165) is 31.6 Å². The third-order valence-corrected chi connectivity index (χ3v) is 5.68. The number of hydrogen-bond donors (Lipinski definition) is 1. The number of fused-ring (bicyclic) bond motifs is 1. The summed E-state index contributed by atoms with van der Waals surface area (Å²) in [5.74, 6) is 0.225. The molecule has 0 saturated carbocycles. The minimum atomic E-state index is -3.94. The fourth-order valence-electron chi connectivity index (χ4n) is 3.01. The fraction of sp³-hybridized carbons (Fsp3) is 0.294. The standard InChI is InChI=1S/C17H17FN2O4S/c18-14-5-3-12(20-7-1-2-8-20)9-15(14)19-25(21,22)13-4-6-16-17(10-13)24-11-23-16/h3-6,9-10,19H,1-2,7-8,11H2. The highest BCUT2D eigenvalue weighted by molar-refractivity contribution is 7.92. The number of rotatable bonds is 4. The maximum Gasteiger partial charge on any atom is 0.262 e. The third kappa shape index (κ3) is 3.09. The van der Waals surface area contributed by atoms with E-state index in [1.807, 2.05) is 0 Å². The van der Waals surface area contributed by atoms with Crippen LogP contribution < -0.4 is 19.1 Å². The van der Waals surface area contributed by atoms with E-state index in [-0.39, 0.29) is 17.4 Å². The molecule has 0 unspecified atom stereocenters. The van der Waals surface area contributed by atoms with Gasteiger partial charge in [0.2, 0.25) is 6.79 Å². The van der Waals surface area contributed by atoms with Crippen LogP contribution in [0.3, 0.4) is 0 Å². The summed E-state index contributed by atoms with van der Waals surface area (Å²) in [5.41, 5.74) is 0.740. The van der Waals surface area contributed by atoms with E-state index in [2.05, 4.69) is 9.62 Å². The van der Waals surface area contributed by atoms with Crippen molar-refractivity contribution in [2.45, 2.75) is 17.7 Å². The molecule has 0 aliphatic carbocycles. The van der Waals surface area contributed by atoms with E-state index in [9.17, 15) is 12.8 Å². The van der Waals surface area contributed by atoms with Gasteiger partial charge < -0.3 is 14.4 Å². The van der Waals surface area contributed by atoms with Gasteiger partial charge in [0, 0.05) is 24.8 Å². The van der Waals surface area contributed by atoms with Crippen molar-refractivity contribution in [2.24, 2.45) is 0 Å². The summed E-state index contributed by atoms with van der Waals surface area (Å²) in [5, 5.41) is 0. The van der Waals surface area contributed by atoms with Crippen LogP contribution in [-0.2, 0) is 10.0 Å². The summed E-state index contributed by atoms with van der Waals surface area (Å²) in [6.45, 7) is 1.83. The number of nitrogens with zero attached hydrogens (tertiary/aromatic N) is 1. The molecule has 2 aromatic carbocycles. The third-order valence-electron chi connectivity index (χ3n) is 4.32. The van der Waals surface area contributed by atoms with Crippen molar-refractivity contribution in [3.8, 4) is 11.5 Å². The van der Waals surface area contributed by atoms with Crippen LogP contribution in [-0.4, -0.2) is 28.3 Å². The van der Waals surface area contributed by atoms with Crippen molar-refractivity contribution < 1.29 is 22.3 Å². The van der Waals surface area contributed by atoms with Gasteiger partial charge in [0.25, 0.3) is 10.0 Å². The van der Waals surface area contributed by atoms with Crippen molar-refractivity contribution >= 4 is 21.4 Å². The lowest BCUT2D eigenvalue weighted by Gasteiger charge is -2.19. The first-order chi connectivity index (χ1) is 12.0. The van der Waals surface area contributed by atoms with Crippen molar-refractivity contribution in [3.63, 3.8) is 0 Å². The minimum Gasteiger partial charge on any atom is -0.454 e. The number of halogens is 1. The van der Waals surface area contributed by atoms with E-state index < -0.39 is 15.8 Å². The van der Waals surface area contributed by atoms with Crippen LogP contribution >= 0.6 is 0 Å². The number of ether oxygens (including phenoxy) is 2. The van der Waals surface area contributed by atoms with Gasteiger partial charge in [0.05, 0.1) is 10.6 Å². The number of sulfonamides is 1. The second-order valence-electron chi connectivity index (χ2n) is 5.98. The molecule has 1 fully saturated rings. The van der Waals surface area contributed by atoms with E-state index in [4.69, 9.17) is 9.47 Å². The van der Waals surface area contributed by atoms with Crippen molar-refractivity contribution in [1.29, 1.82) is 0 Å². The van der Waals surface area contributed by atoms with Gasteiger partial charge in [-0.25, -0.2) is 12.8 Å². The molecule has 0 spiro atoms. The first kappa shape index (κ1) is 16.0. The first-order valence-corrected chi connectivity index (χ1v) is 9.48. The Bertz CT molecular complexity index is 911. The molecule has 132 valence electrons. The van der Waals surface area contributed by atoms with Crippen LogP contribution in [0, 0.1) is 5.82 Å². The molecule has 2 heterocycles. The Labute approximate surface area is 145 Å². The van der Waals surface area contributed by atoms with Gasteiger partial charge in [-0.3, -0.25) is 4.72 Å². The molecule has 25 heavy (non-hydrogen) atoms. The van der Waals surface area contributed by atoms with Crippen LogP contribution in [0.2, 0.25) is 0 Å². The Hall–Kier alpha value is -2.48. The highest BCUT2D eigenvalue weighted by Crippen LogP contribution is 2.34. The van der Waals surface area contributed by atoms with Gasteiger partial charge in [-0.2, -0.15) is 0 Å². The quantitative estimate of drug-likeness (QED) is 0.903. The summed E-state index contributed by atoms with van der Waals surface area (Å²) in [7, 11) is -3.94. The van der Waals surface area contributed by atoms with Gasteiger partial charge >= 0.3 is 0 Å². The molecular weight excluding hydrogens is 347 g/mol. The molecule has 6 nitrogen and oxygen atoms in total. The Morgan fingerprint density at radius 2 is 1.76 bits per heavy atom. The second-order valence-corrected chi connectivity index (χ2v) is 7.66. The summed E-state index contributed by atoms with van der Waals surface area (Å²) in [6.07, 6.45) is 2.16. The molecule has 0 aromatic heterocycles. The van der Waals surface area contributed by atoms with Crippen LogP contribution in [0.5, 0.6) is 11.5 Å². The van der Waals surface area contributed by atoms with Crippen LogP contribution in [0.1, 0.15) is 12.8 Å². The lowest BCUT2D eigenvalue weighted by molar-refractivity contribution is 0.174. The number of nitrogens with one attached hydrogen (secondary N) is 1. The van der Waals surface area contributed by atoms with E-state index >= 15 is 0 Å². The monoisotopic (exact) mass is 364 g/mol. The molecule has 0 radical (unpaired) electrons. The van der Waals surface area contributed by atoms with Gasteiger partial charge in [-0.15, -0.1) is 0 Å². The Balaban J connectivity index is 1.63. The molecule has 1 N–H and O–H groups in total. The number of anilines is 2. The van der Waals surface area contributed by atoms with Gasteiger partial charge in [-0.1, -0.05) is 0 Å². The highest BCUT2D eigenvalue weighted by atomic mass is 32.2. The van der Waals surface area contributed by atoms with Gasteiger partial charge in [-0.05, 0) is 43.2 Å². The lowest BCUT2D eigenvalue weighted by Crippen LogP contribution is -2.19. The summed E-state index contributed by atoms with van der Waals surface area (Å²) < 4.78 is 52.0. The van der Waals surface area contributed by atoms with E-state index in [0.29, 0.717) is 11.5 Å². The van der Waals surface area contributed by atoms with E-state index in [1.165, 1.54) is 30.3 Å². The zero-order valence-corrected chi connectivity index (χ0v) is 14.2. The van der Waals surface area contributed by atoms with Gasteiger partial charge in [0.1, 0.15) is 5.82 Å².